The summed E-state index contributed by atoms with van der Waals surface area (Å²) in [5.74, 6) is 0.0694. The third-order valence-corrected chi connectivity index (χ3v) is 5.20. The molecule has 1 fully saturated rings. The van der Waals surface area contributed by atoms with Crippen LogP contribution in [0.15, 0.2) is 35.2 Å². The smallest absolute Gasteiger partial charge is 0.221 e. The van der Waals surface area contributed by atoms with Gasteiger partial charge in [-0.2, -0.15) is 0 Å². The Morgan fingerprint density at radius 2 is 2.00 bits per heavy atom. The fraction of sp³-hybridized carbons (Fsp3) is 0.562. The highest BCUT2D eigenvalue weighted by atomic mass is 32.2. The Balaban J connectivity index is 1.94. The van der Waals surface area contributed by atoms with Crippen LogP contribution in [0.5, 0.6) is 0 Å². The van der Waals surface area contributed by atoms with E-state index < -0.39 is 0 Å². The molecule has 3 nitrogen and oxygen atoms in total. The average molecular weight is 292 g/mol. The molecule has 20 heavy (non-hydrogen) atoms. The summed E-state index contributed by atoms with van der Waals surface area (Å²) in [6, 6.07) is 10.4. The number of carbonyl (C=O) groups is 1. The summed E-state index contributed by atoms with van der Waals surface area (Å²) in [5, 5.41) is 3.08. The van der Waals surface area contributed by atoms with Crippen molar-refractivity contribution >= 4 is 17.7 Å². The van der Waals surface area contributed by atoms with Gasteiger partial charge in [0.1, 0.15) is 0 Å². The van der Waals surface area contributed by atoms with Crippen LogP contribution in [0.1, 0.15) is 39.0 Å². The van der Waals surface area contributed by atoms with Crippen molar-refractivity contribution in [2.75, 3.05) is 6.54 Å². The number of nitrogens with one attached hydrogen (secondary N) is 1. The van der Waals surface area contributed by atoms with E-state index in [-0.39, 0.29) is 16.7 Å². The van der Waals surface area contributed by atoms with E-state index in [1.165, 1.54) is 30.6 Å². The molecule has 0 aromatic heterocycles. The molecule has 1 unspecified atom stereocenters. The minimum Gasteiger partial charge on any atom is -0.355 e. The van der Waals surface area contributed by atoms with Crippen LogP contribution in [0.25, 0.3) is 0 Å². The van der Waals surface area contributed by atoms with Gasteiger partial charge in [0.25, 0.3) is 0 Å². The number of rotatable bonds is 6. The summed E-state index contributed by atoms with van der Waals surface area (Å²) in [6.45, 7) is 2.61. The van der Waals surface area contributed by atoms with Crippen molar-refractivity contribution in [1.82, 2.24) is 5.32 Å². The first-order valence-electron chi connectivity index (χ1n) is 7.36. The molecule has 0 aliphatic heterocycles. The molecule has 2 rings (SSSR count). The lowest BCUT2D eigenvalue weighted by molar-refractivity contribution is -0.121. The van der Waals surface area contributed by atoms with Gasteiger partial charge in [0.05, 0.1) is 0 Å². The van der Waals surface area contributed by atoms with Crippen LogP contribution in [0.4, 0.5) is 0 Å². The first-order valence-corrected chi connectivity index (χ1v) is 8.18. The Morgan fingerprint density at radius 1 is 1.35 bits per heavy atom. The normalized spacial score (nSPS) is 18.7. The Labute approximate surface area is 125 Å². The molecule has 1 aliphatic carbocycles. The van der Waals surface area contributed by atoms with E-state index in [1.54, 1.807) is 0 Å². The molecule has 0 heterocycles. The van der Waals surface area contributed by atoms with Gasteiger partial charge >= 0.3 is 0 Å². The van der Waals surface area contributed by atoms with Crippen LogP contribution < -0.4 is 11.1 Å². The maximum Gasteiger partial charge on any atom is 0.221 e. The standard InChI is InChI=1S/C16H24N2OS/c1-13(17)11-15(19)18-12-16(9-5-6-10-16)20-14-7-3-2-4-8-14/h2-4,7-8,13H,5-6,9-12,17H2,1H3,(H,18,19). The fourth-order valence-electron chi connectivity index (χ4n) is 2.70. The second-order valence-electron chi connectivity index (χ2n) is 5.76. The molecular weight excluding hydrogens is 268 g/mol. The molecule has 0 spiro atoms. The van der Waals surface area contributed by atoms with Crippen molar-refractivity contribution in [3.63, 3.8) is 0 Å². The Kier molecular flexibility index (Phi) is 5.49. The predicted molar refractivity (Wildman–Crippen MR) is 84.8 cm³/mol. The molecule has 1 aliphatic rings. The van der Waals surface area contributed by atoms with Gasteiger partial charge in [-0.1, -0.05) is 31.0 Å². The molecule has 1 aromatic carbocycles. The third kappa shape index (κ3) is 4.53. The van der Waals surface area contributed by atoms with Gasteiger partial charge in [-0.3, -0.25) is 4.79 Å². The lowest BCUT2D eigenvalue weighted by Crippen LogP contribution is -2.40. The van der Waals surface area contributed by atoms with E-state index in [1.807, 2.05) is 24.8 Å². The molecule has 4 heteroatoms. The zero-order valence-electron chi connectivity index (χ0n) is 12.1. The zero-order valence-corrected chi connectivity index (χ0v) is 12.9. The van der Waals surface area contributed by atoms with E-state index in [4.69, 9.17) is 5.73 Å². The quantitative estimate of drug-likeness (QED) is 0.847. The largest absolute Gasteiger partial charge is 0.355 e. The van der Waals surface area contributed by atoms with Crippen molar-refractivity contribution in [2.24, 2.45) is 5.73 Å². The van der Waals surface area contributed by atoms with E-state index in [0.717, 1.165) is 6.54 Å². The first kappa shape index (κ1) is 15.4. The topological polar surface area (TPSA) is 55.1 Å². The number of nitrogens with two attached hydrogens (primary N) is 1. The number of carbonyl (C=O) groups excluding carboxylic acids is 1. The highest BCUT2D eigenvalue weighted by Gasteiger charge is 2.35. The summed E-state index contributed by atoms with van der Waals surface area (Å²) in [5.41, 5.74) is 5.67. The van der Waals surface area contributed by atoms with E-state index >= 15 is 0 Å². The molecule has 1 aromatic rings. The lowest BCUT2D eigenvalue weighted by atomic mass is 10.1. The Morgan fingerprint density at radius 3 is 2.60 bits per heavy atom. The summed E-state index contributed by atoms with van der Waals surface area (Å²) >= 11 is 1.91. The van der Waals surface area contributed by atoms with E-state index in [0.29, 0.717) is 6.42 Å². The number of thioether (sulfide) groups is 1. The van der Waals surface area contributed by atoms with Crippen molar-refractivity contribution in [2.45, 2.75) is 54.7 Å². The number of amides is 1. The van der Waals surface area contributed by atoms with Crippen molar-refractivity contribution in [1.29, 1.82) is 0 Å². The van der Waals surface area contributed by atoms with E-state index in [2.05, 4.69) is 29.6 Å². The molecule has 0 saturated heterocycles. The van der Waals surface area contributed by atoms with Crippen molar-refractivity contribution < 1.29 is 4.79 Å². The van der Waals surface area contributed by atoms with Gasteiger partial charge in [-0.25, -0.2) is 0 Å². The molecule has 1 amide bonds. The number of hydrogen-bond donors (Lipinski definition) is 2. The van der Waals surface area contributed by atoms with Gasteiger partial charge in [-0.05, 0) is 31.9 Å². The van der Waals surface area contributed by atoms with Crippen molar-refractivity contribution in [3.05, 3.63) is 30.3 Å². The van der Waals surface area contributed by atoms with Gasteiger partial charge in [0, 0.05) is 28.6 Å². The molecule has 1 saturated carbocycles. The zero-order chi connectivity index (χ0) is 14.4. The Bertz CT molecular complexity index is 427. The second kappa shape index (κ2) is 7.14. The highest BCUT2D eigenvalue weighted by molar-refractivity contribution is 8.00. The molecular formula is C16H24N2OS. The van der Waals surface area contributed by atoms with Crippen LogP contribution in [-0.2, 0) is 4.79 Å². The van der Waals surface area contributed by atoms with Crippen LogP contribution in [0, 0.1) is 0 Å². The maximum absolute atomic E-state index is 11.8. The van der Waals surface area contributed by atoms with Crippen LogP contribution in [0.2, 0.25) is 0 Å². The first-order chi connectivity index (χ1) is 9.60. The number of hydrogen-bond acceptors (Lipinski definition) is 3. The van der Waals surface area contributed by atoms with E-state index in [9.17, 15) is 4.79 Å². The average Bonchev–Trinajstić information content (AvgIpc) is 2.86. The maximum atomic E-state index is 11.8. The summed E-state index contributed by atoms with van der Waals surface area (Å²) in [7, 11) is 0. The SMILES string of the molecule is CC(N)CC(=O)NCC1(Sc2ccccc2)CCCC1. The molecule has 110 valence electrons. The van der Waals surface area contributed by atoms with Crippen LogP contribution in [0.3, 0.4) is 0 Å². The van der Waals surface area contributed by atoms with Gasteiger partial charge in [0.2, 0.25) is 5.91 Å². The summed E-state index contributed by atoms with van der Waals surface area (Å²) < 4.78 is 0.162. The predicted octanol–water partition coefficient (Wildman–Crippen LogP) is 2.95. The van der Waals surface area contributed by atoms with Crippen molar-refractivity contribution in [3.8, 4) is 0 Å². The van der Waals surface area contributed by atoms with Crippen LogP contribution >= 0.6 is 11.8 Å². The van der Waals surface area contributed by atoms with Gasteiger partial charge in [-0.15, -0.1) is 11.8 Å². The Hall–Kier alpha value is -1.00. The summed E-state index contributed by atoms with van der Waals surface area (Å²) in [6.07, 6.45) is 5.26. The minimum absolute atomic E-state index is 0.0694. The molecule has 1 atom stereocenters. The second-order valence-corrected chi connectivity index (χ2v) is 7.30. The van der Waals surface area contributed by atoms with Gasteiger partial charge < -0.3 is 11.1 Å². The third-order valence-electron chi connectivity index (χ3n) is 3.71. The molecule has 3 N–H and O–H groups in total. The minimum atomic E-state index is -0.0729. The molecule has 0 bridgehead atoms. The number of benzene rings is 1. The molecule has 0 radical (unpaired) electrons. The highest BCUT2D eigenvalue weighted by Crippen LogP contribution is 2.44. The lowest BCUT2D eigenvalue weighted by Gasteiger charge is -2.29. The summed E-state index contributed by atoms with van der Waals surface area (Å²) in [4.78, 5) is 13.1. The van der Waals surface area contributed by atoms with Gasteiger partial charge in [0.15, 0.2) is 0 Å². The monoisotopic (exact) mass is 292 g/mol. The van der Waals surface area contributed by atoms with Crippen LogP contribution in [-0.4, -0.2) is 23.2 Å². The fourth-order valence-corrected chi connectivity index (χ4v) is 4.13.